The molecule has 42 heavy (non-hydrogen) atoms. The number of furan rings is 1. The lowest BCUT2D eigenvalue weighted by atomic mass is 9.89. The van der Waals surface area contributed by atoms with Gasteiger partial charge in [0.25, 0.3) is 0 Å². The maximum atomic E-state index is 6.59. The molecular weight excluding hydrogens is 512 g/mol. The minimum absolute atomic E-state index is 0.439. The summed E-state index contributed by atoms with van der Waals surface area (Å²) in [5.74, 6) is 0.985. The average Bonchev–Trinajstić information content (AvgIpc) is 3.43. The lowest BCUT2D eigenvalue weighted by Gasteiger charge is -2.16. The molecule has 0 spiro atoms. The maximum absolute atomic E-state index is 6.59. The first-order valence-electron chi connectivity index (χ1n) is 14.6. The molecule has 3 heteroatoms. The number of rotatable bonds is 6. The van der Waals surface area contributed by atoms with Gasteiger partial charge in [0.15, 0.2) is 0 Å². The molecule has 0 N–H and O–H groups in total. The van der Waals surface area contributed by atoms with E-state index in [4.69, 9.17) is 14.4 Å². The summed E-state index contributed by atoms with van der Waals surface area (Å²) >= 11 is 0. The van der Waals surface area contributed by atoms with Gasteiger partial charge in [0.1, 0.15) is 5.58 Å². The van der Waals surface area contributed by atoms with Crippen LogP contribution in [0.1, 0.15) is 32.3 Å². The molecule has 4 aromatic carbocycles. The van der Waals surface area contributed by atoms with Gasteiger partial charge in [0.2, 0.25) is 5.71 Å². The quantitative estimate of drug-likeness (QED) is 0.209. The molecule has 0 amide bonds. The number of fused-ring (bicyclic) bond motifs is 3. The van der Waals surface area contributed by atoms with Gasteiger partial charge in [0, 0.05) is 28.1 Å². The SMILES string of the molecule is CC(C)C(C)c1ccnc(-c2cccc3c2oc2nc(-c4c(-c5ccccc5)cccc4-c4ccccc4)ccc23)c1. The van der Waals surface area contributed by atoms with Gasteiger partial charge in [-0.1, -0.05) is 112 Å². The molecule has 0 saturated carbocycles. The minimum atomic E-state index is 0.439. The van der Waals surface area contributed by atoms with Gasteiger partial charge in [-0.25, -0.2) is 4.98 Å². The molecule has 7 aromatic rings. The summed E-state index contributed by atoms with van der Waals surface area (Å²) in [6, 6.07) is 42.4. The first-order chi connectivity index (χ1) is 20.6. The van der Waals surface area contributed by atoms with Crippen molar-refractivity contribution in [3.63, 3.8) is 0 Å². The van der Waals surface area contributed by atoms with E-state index < -0.39 is 0 Å². The van der Waals surface area contributed by atoms with E-state index in [-0.39, 0.29) is 0 Å². The molecule has 0 aliphatic carbocycles. The standard InChI is InChI=1S/C39H32N2O/c1-25(2)26(3)29-22-23-40-36(24-29)34-19-11-18-32-33-20-21-35(41-39(33)42-38(32)34)37-30(27-12-6-4-7-13-27)16-10-17-31(37)28-14-8-5-9-15-28/h4-26H,1-3H3. The highest BCUT2D eigenvalue weighted by Gasteiger charge is 2.19. The monoisotopic (exact) mass is 544 g/mol. The van der Waals surface area contributed by atoms with Crippen molar-refractivity contribution in [3.05, 3.63) is 133 Å². The van der Waals surface area contributed by atoms with Crippen molar-refractivity contribution in [2.45, 2.75) is 26.7 Å². The largest absolute Gasteiger partial charge is 0.437 e. The summed E-state index contributed by atoms with van der Waals surface area (Å²) < 4.78 is 6.59. The summed E-state index contributed by atoms with van der Waals surface area (Å²) in [6.45, 7) is 6.79. The van der Waals surface area contributed by atoms with Crippen molar-refractivity contribution < 1.29 is 4.42 Å². The summed E-state index contributed by atoms with van der Waals surface area (Å²) in [6.07, 6.45) is 1.91. The van der Waals surface area contributed by atoms with Crippen molar-refractivity contribution in [1.29, 1.82) is 0 Å². The van der Waals surface area contributed by atoms with Gasteiger partial charge in [-0.15, -0.1) is 0 Å². The van der Waals surface area contributed by atoms with Crippen LogP contribution in [0.2, 0.25) is 0 Å². The van der Waals surface area contributed by atoms with E-state index in [0.717, 1.165) is 61.1 Å². The van der Waals surface area contributed by atoms with Gasteiger partial charge in [-0.3, -0.25) is 4.98 Å². The van der Waals surface area contributed by atoms with Crippen LogP contribution in [0.15, 0.2) is 132 Å². The fraction of sp³-hybridized carbons (Fsp3) is 0.128. The third kappa shape index (κ3) is 4.57. The van der Waals surface area contributed by atoms with E-state index in [2.05, 4.69) is 142 Å². The summed E-state index contributed by atoms with van der Waals surface area (Å²) in [4.78, 5) is 9.92. The van der Waals surface area contributed by atoms with Gasteiger partial charge in [-0.2, -0.15) is 0 Å². The lowest BCUT2D eigenvalue weighted by Crippen LogP contribution is -2.02. The van der Waals surface area contributed by atoms with Crippen LogP contribution in [-0.4, -0.2) is 9.97 Å². The van der Waals surface area contributed by atoms with E-state index in [0.29, 0.717) is 17.5 Å². The molecule has 204 valence electrons. The average molecular weight is 545 g/mol. The summed E-state index contributed by atoms with van der Waals surface area (Å²) in [5, 5.41) is 2.05. The fourth-order valence-electron chi connectivity index (χ4n) is 5.83. The predicted octanol–water partition coefficient (Wildman–Crippen LogP) is 10.8. The van der Waals surface area contributed by atoms with Gasteiger partial charge in [-0.05, 0) is 70.0 Å². The van der Waals surface area contributed by atoms with E-state index in [1.807, 2.05) is 6.20 Å². The Morgan fingerprint density at radius 3 is 1.88 bits per heavy atom. The van der Waals surface area contributed by atoms with E-state index in [1.165, 1.54) is 5.56 Å². The maximum Gasteiger partial charge on any atom is 0.227 e. The molecule has 0 radical (unpaired) electrons. The van der Waals surface area contributed by atoms with E-state index >= 15 is 0 Å². The molecule has 0 saturated heterocycles. The molecule has 7 rings (SSSR count). The number of pyridine rings is 2. The van der Waals surface area contributed by atoms with Gasteiger partial charge >= 0.3 is 0 Å². The van der Waals surface area contributed by atoms with Crippen LogP contribution in [0.5, 0.6) is 0 Å². The molecule has 3 nitrogen and oxygen atoms in total. The number of hydrogen-bond acceptors (Lipinski definition) is 3. The number of para-hydroxylation sites is 1. The van der Waals surface area contributed by atoms with Crippen LogP contribution in [-0.2, 0) is 0 Å². The first-order valence-corrected chi connectivity index (χ1v) is 14.6. The lowest BCUT2D eigenvalue weighted by molar-refractivity contribution is 0.535. The third-order valence-electron chi connectivity index (χ3n) is 8.44. The Balaban J connectivity index is 1.42. The van der Waals surface area contributed by atoms with Gasteiger partial charge < -0.3 is 4.42 Å². The Hall–Kier alpha value is -5.02. The van der Waals surface area contributed by atoms with Gasteiger partial charge in [0.05, 0.1) is 11.4 Å². The normalized spacial score (nSPS) is 12.3. The Labute approximate surface area is 246 Å². The van der Waals surface area contributed by atoms with Crippen molar-refractivity contribution in [1.82, 2.24) is 9.97 Å². The van der Waals surface area contributed by atoms with Crippen LogP contribution >= 0.6 is 0 Å². The van der Waals surface area contributed by atoms with Crippen LogP contribution in [0.25, 0.3) is 66.8 Å². The fourth-order valence-corrected chi connectivity index (χ4v) is 5.83. The second kappa shape index (κ2) is 10.8. The van der Waals surface area contributed by atoms with Crippen LogP contribution < -0.4 is 0 Å². The Kier molecular flexibility index (Phi) is 6.64. The molecule has 3 aromatic heterocycles. The molecule has 1 atom stereocenters. The highest BCUT2D eigenvalue weighted by atomic mass is 16.3. The zero-order valence-corrected chi connectivity index (χ0v) is 24.1. The molecule has 1 unspecified atom stereocenters. The Morgan fingerprint density at radius 1 is 0.571 bits per heavy atom. The summed E-state index contributed by atoms with van der Waals surface area (Å²) in [5.41, 5.74) is 11.2. The number of hydrogen-bond donors (Lipinski definition) is 0. The van der Waals surface area contributed by atoms with Crippen molar-refractivity contribution in [3.8, 4) is 44.8 Å². The number of nitrogens with zero attached hydrogens (tertiary/aromatic N) is 2. The van der Waals surface area contributed by atoms with Crippen molar-refractivity contribution in [2.24, 2.45) is 5.92 Å². The Bertz CT molecular complexity index is 1970. The highest BCUT2D eigenvalue weighted by molar-refractivity contribution is 6.09. The predicted molar refractivity (Wildman–Crippen MR) is 174 cm³/mol. The minimum Gasteiger partial charge on any atom is -0.437 e. The van der Waals surface area contributed by atoms with Crippen molar-refractivity contribution in [2.75, 3.05) is 0 Å². The van der Waals surface area contributed by atoms with E-state index in [1.54, 1.807) is 0 Å². The number of benzene rings is 4. The van der Waals surface area contributed by atoms with Crippen LogP contribution in [0.4, 0.5) is 0 Å². The molecule has 3 heterocycles. The van der Waals surface area contributed by atoms with Crippen LogP contribution in [0, 0.1) is 5.92 Å². The zero-order valence-electron chi connectivity index (χ0n) is 24.1. The molecule has 0 fully saturated rings. The molecular formula is C39H32N2O. The first kappa shape index (κ1) is 25.9. The number of aromatic nitrogens is 2. The smallest absolute Gasteiger partial charge is 0.227 e. The van der Waals surface area contributed by atoms with Crippen molar-refractivity contribution >= 4 is 22.1 Å². The van der Waals surface area contributed by atoms with Crippen LogP contribution in [0.3, 0.4) is 0 Å². The third-order valence-corrected chi connectivity index (χ3v) is 8.44. The highest BCUT2D eigenvalue weighted by Crippen LogP contribution is 2.41. The second-order valence-electron chi connectivity index (χ2n) is 11.3. The topological polar surface area (TPSA) is 38.9 Å². The van der Waals surface area contributed by atoms with E-state index in [9.17, 15) is 0 Å². The molecule has 0 aliphatic heterocycles. The second-order valence-corrected chi connectivity index (χ2v) is 11.3. The molecule has 0 aliphatic rings. The Morgan fingerprint density at radius 2 is 1.21 bits per heavy atom. The molecule has 0 bridgehead atoms. The zero-order chi connectivity index (χ0) is 28.6. The summed E-state index contributed by atoms with van der Waals surface area (Å²) in [7, 11) is 0.